The Kier molecular flexibility index (Phi) is 12.6. The minimum atomic E-state index is -0.751. The van der Waals surface area contributed by atoms with Crippen LogP contribution in [0.1, 0.15) is 37.5 Å². The SMILES string of the molecule is CN(CCOCCOCCOCCOC(c1ccccc1)(c1ccccc1)c1ccccc1)C(=O)OC(C)(C)C. The van der Waals surface area contributed by atoms with Gasteiger partial charge in [0.05, 0.1) is 46.2 Å². The van der Waals surface area contributed by atoms with Gasteiger partial charge < -0.3 is 28.6 Å². The van der Waals surface area contributed by atoms with E-state index in [4.69, 9.17) is 23.7 Å². The minimum absolute atomic E-state index is 0.359. The van der Waals surface area contributed by atoms with E-state index in [2.05, 4.69) is 36.4 Å². The van der Waals surface area contributed by atoms with Crippen molar-refractivity contribution in [1.82, 2.24) is 4.90 Å². The van der Waals surface area contributed by atoms with E-state index in [0.717, 1.165) is 16.7 Å². The molecule has 3 aromatic rings. The lowest BCUT2D eigenvalue weighted by Gasteiger charge is -2.36. The van der Waals surface area contributed by atoms with Crippen molar-refractivity contribution in [1.29, 1.82) is 0 Å². The topological polar surface area (TPSA) is 66.5 Å². The van der Waals surface area contributed by atoms with Gasteiger partial charge in [-0.1, -0.05) is 91.0 Å². The summed E-state index contributed by atoms with van der Waals surface area (Å²) >= 11 is 0. The van der Waals surface area contributed by atoms with Crippen molar-refractivity contribution in [2.45, 2.75) is 32.0 Å². The van der Waals surface area contributed by atoms with Crippen molar-refractivity contribution in [3.8, 4) is 0 Å². The maximum atomic E-state index is 11.9. The summed E-state index contributed by atoms with van der Waals surface area (Å²) in [6, 6.07) is 30.9. The first-order valence-electron chi connectivity index (χ1n) is 13.8. The third-order valence-electron chi connectivity index (χ3n) is 6.11. The highest BCUT2D eigenvalue weighted by Gasteiger charge is 2.37. The summed E-state index contributed by atoms with van der Waals surface area (Å²) in [5, 5.41) is 0. The Hall–Kier alpha value is -3.23. The second-order valence-electron chi connectivity index (χ2n) is 10.4. The molecule has 0 N–H and O–H groups in total. The molecule has 0 saturated heterocycles. The summed E-state index contributed by atoms with van der Waals surface area (Å²) in [6.45, 7) is 9.06. The van der Waals surface area contributed by atoms with Crippen LogP contribution in [0.4, 0.5) is 4.79 Å². The molecule has 1 amide bonds. The zero-order valence-corrected chi connectivity index (χ0v) is 24.2. The molecule has 0 radical (unpaired) electrons. The van der Waals surface area contributed by atoms with Gasteiger partial charge in [0.25, 0.3) is 0 Å². The van der Waals surface area contributed by atoms with Crippen LogP contribution in [0.25, 0.3) is 0 Å². The van der Waals surface area contributed by atoms with Crippen LogP contribution in [0.3, 0.4) is 0 Å². The number of hydrogen-bond donors (Lipinski definition) is 0. The van der Waals surface area contributed by atoms with Gasteiger partial charge in [-0.2, -0.15) is 0 Å². The number of ether oxygens (including phenoxy) is 5. The van der Waals surface area contributed by atoms with Gasteiger partial charge in [-0.15, -0.1) is 0 Å². The number of carbonyl (C=O) groups excluding carboxylic acids is 1. The van der Waals surface area contributed by atoms with Crippen molar-refractivity contribution in [2.24, 2.45) is 0 Å². The van der Waals surface area contributed by atoms with Gasteiger partial charge in [0, 0.05) is 13.6 Å². The molecule has 7 nitrogen and oxygen atoms in total. The quantitative estimate of drug-likeness (QED) is 0.163. The highest BCUT2D eigenvalue weighted by molar-refractivity contribution is 5.67. The average molecular weight is 550 g/mol. The molecule has 7 heteroatoms. The molecule has 3 rings (SSSR count). The molecular weight excluding hydrogens is 506 g/mol. The van der Waals surface area contributed by atoms with Crippen LogP contribution in [0, 0.1) is 0 Å². The number of rotatable bonds is 16. The Morgan fingerprint density at radius 3 is 1.38 bits per heavy atom. The van der Waals surface area contributed by atoms with Crippen LogP contribution in [0.5, 0.6) is 0 Å². The van der Waals surface area contributed by atoms with Crippen molar-refractivity contribution in [3.05, 3.63) is 108 Å². The molecule has 0 unspecified atom stereocenters. The monoisotopic (exact) mass is 549 g/mol. The number of nitrogens with zero attached hydrogens (tertiary/aromatic N) is 1. The molecular formula is C33H43NO6. The van der Waals surface area contributed by atoms with Gasteiger partial charge in [0.2, 0.25) is 0 Å². The van der Waals surface area contributed by atoms with E-state index in [9.17, 15) is 4.79 Å². The highest BCUT2D eigenvalue weighted by atomic mass is 16.6. The van der Waals surface area contributed by atoms with E-state index in [1.54, 1.807) is 7.05 Å². The smallest absolute Gasteiger partial charge is 0.410 e. The zero-order valence-electron chi connectivity index (χ0n) is 24.2. The van der Waals surface area contributed by atoms with E-state index in [-0.39, 0.29) is 6.09 Å². The molecule has 0 spiro atoms. The largest absolute Gasteiger partial charge is 0.444 e. The average Bonchev–Trinajstić information content (AvgIpc) is 2.96. The molecule has 0 fully saturated rings. The Bertz CT molecular complexity index is 1010. The molecule has 0 aliphatic rings. The van der Waals surface area contributed by atoms with Crippen molar-refractivity contribution < 1.29 is 28.5 Å². The molecule has 0 bridgehead atoms. The Morgan fingerprint density at radius 2 is 0.975 bits per heavy atom. The number of carbonyl (C=O) groups is 1. The second-order valence-corrected chi connectivity index (χ2v) is 10.4. The number of likely N-dealkylation sites (N-methyl/N-ethyl adjacent to an activating group) is 1. The van der Waals surface area contributed by atoms with Crippen LogP contribution in [-0.2, 0) is 29.3 Å². The summed E-state index contributed by atoms with van der Waals surface area (Å²) < 4.78 is 29.0. The van der Waals surface area contributed by atoms with Crippen LogP contribution in [-0.4, -0.2) is 76.4 Å². The van der Waals surface area contributed by atoms with E-state index >= 15 is 0 Å². The fraction of sp³-hybridized carbons (Fsp3) is 0.424. The molecule has 0 aliphatic heterocycles. The van der Waals surface area contributed by atoms with Crippen molar-refractivity contribution in [2.75, 3.05) is 59.8 Å². The van der Waals surface area contributed by atoms with Crippen LogP contribution in [0.2, 0.25) is 0 Å². The van der Waals surface area contributed by atoms with Crippen LogP contribution in [0.15, 0.2) is 91.0 Å². The van der Waals surface area contributed by atoms with Gasteiger partial charge in [-0.05, 0) is 37.5 Å². The standard InChI is InChI=1S/C33H43NO6/c1-32(2,3)40-31(35)34(4)20-21-36-22-23-37-24-25-38-26-27-39-33(28-14-8-5-9-15-28,29-16-10-6-11-17-29)30-18-12-7-13-19-30/h5-19H,20-27H2,1-4H3. The summed E-state index contributed by atoms with van der Waals surface area (Å²) in [5.74, 6) is 0. The minimum Gasteiger partial charge on any atom is -0.444 e. The van der Waals surface area contributed by atoms with E-state index in [0.29, 0.717) is 52.8 Å². The fourth-order valence-electron chi connectivity index (χ4n) is 4.20. The van der Waals surface area contributed by atoms with Gasteiger partial charge in [-0.3, -0.25) is 0 Å². The first-order chi connectivity index (χ1) is 19.3. The van der Waals surface area contributed by atoms with Gasteiger partial charge >= 0.3 is 6.09 Å². The van der Waals surface area contributed by atoms with Gasteiger partial charge in [0.1, 0.15) is 11.2 Å². The van der Waals surface area contributed by atoms with E-state index in [1.165, 1.54) is 4.90 Å². The van der Waals surface area contributed by atoms with Gasteiger partial charge in [-0.25, -0.2) is 4.79 Å². The summed E-state index contributed by atoms with van der Waals surface area (Å²) in [5.41, 5.74) is 1.93. The van der Waals surface area contributed by atoms with Crippen molar-refractivity contribution in [3.63, 3.8) is 0 Å². The fourth-order valence-corrected chi connectivity index (χ4v) is 4.20. The summed E-state index contributed by atoms with van der Waals surface area (Å²) in [4.78, 5) is 13.4. The van der Waals surface area contributed by atoms with Crippen LogP contribution >= 0.6 is 0 Å². The Balaban J connectivity index is 1.40. The predicted octanol–water partition coefficient (Wildman–Crippen LogP) is 5.91. The lowest BCUT2D eigenvalue weighted by atomic mass is 9.80. The first kappa shape index (κ1) is 31.3. The molecule has 0 aliphatic carbocycles. The van der Waals surface area contributed by atoms with Crippen LogP contribution < -0.4 is 0 Å². The normalized spacial score (nSPS) is 11.8. The zero-order chi connectivity index (χ0) is 28.7. The molecule has 0 aromatic heterocycles. The summed E-state index contributed by atoms with van der Waals surface area (Å²) in [6.07, 6.45) is -0.359. The number of hydrogen-bond acceptors (Lipinski definition) is 6. The maximum absolute atomic E-state index is 11.9. The lowest BCUT2D eigenvalue weighted by Crippen LogP contribution is -2.36. The predicted molar refractivity (Wildman–Crippen MR) is 156 cm³/mol. The molecule has 0 heterocycles. The molecule has 0 saturated carbocycles. The lowest BCUT2D eigenvalue weighted by molar-refractivity contribution is -0.0372. The molecule has 40 heavy (non-hydrogen) atoms. The summed E-state index contributed by atoms with van der Waals surface area (Å²) in [7, 11) is 1.69. The Labute approximate surface area is 239 Å². The maximum Gasteiger partial charge on any atom is 0.410 e. The third-order valence-corrected chi connectivity index (χ3v) is 6.11. The number of amides is 1. The molecule has 0 atom stereocenters. The van der Waals surface area contributed by atoms with Gasteiger partial charge in [0.15, 0.2) is 0 Å². The number of benzene rings is 3. The molecule has 216 valence electrons. The highest BCUT2D eigenvalue weighted by Crippen LogP contribution is 2.40. The van der Waals surface area contributed by atoms with E-state index < -0.39 is 11.2 Å². The van der Waals surface area contributed by atoms with Crippen molar-refractivity contribution >= 4 is 6.09 Å². The first-order valence-corrected chi connectivity index (χ1v) is 13.8. The second kappa shape index (κ2) is 16.1. The third kappa shape index (κ3) is 9.75. The molecule has 3 aromatic carbocycles. The van der Waals surface area contributed by atoms with E-state index in [1.807, 2.05) is 75.4 Å². The Morgan fingerprint density at radius 1 is 0.600 bits per heavy atom.